The predicted octanol–water partition coefficient (Wildman–Crippen LogP) is 4.24. The van der Waals surface area contributed by atoms with Crippen LogP contribution in [0.1, 0.15) is 81.0 Å². The Balaban J connectivity index is 1.07. The summed E-state index contributed by atoms with van der Waals surface area (Å²) in [5.41, 5.74) is 4.54. The van der Waals surface area contributed by atoms with Crippen LogP contribution in [-0.2, 0) is 17.7 Å². The van der Waals surface area contributed by atoms with Crippen LogP contribution < -0.4 is 5.56 Å². The number of ether oxygens (including phenoxy) is 1. The average molecular weight is 553 g/mol. The van der Waals surface area contributed by atoms with Crippen LogP contribution >= 0.6 is 11.3 Å². The smallest absolute Gasteiger partial charge is 0.255 e. The Morgan fingerprint density at radius 2 is 1.72 bits per heavy atom. The van der Waals surface area contributed by atoms with Crippen molar-refractivity contribution in [3.05, 3.63) is 54.1 Å². The number of fused-ring (bicyclic) bond motifs is 1. The van der Waals surface area contributed by atoms with E-state index in [4.69, 9.17) is 4.74 Å². The second-order valence-corrected chi connectivity index (χ2v) is 13.6. The van der Waals surface area contributed by atoms with Crippen molar-refractivity contribution < 1.29 is 9.53 Å². The van der Waals surface area contributed by atoms with Crippen LogP contribution in [-0.4, -0.2) is 83.6 Å². The highest BCUT2D eigenvalue weighted by molar-refractivity contribution is 7.12. The normalized spacial score (nSPS) is 25.9. The summed E-state index contributed by atoms with van der Waals surface area (Å²) in [5.74, 6) is 1.28. The van der Waals surface area contributed by atoms with Gasteiger partial charge in [-0.1, -0.05) is 6.92 Å². The van der Waals surface area contributed by atoms with E-state index in [1.54, 1.807) is 0 Å². The maximum absolute atomic E-state index is 13.6. The molecule has 2 saturated heterocycles. The molecule has 6 rings (SSSR count). The molecule has 1 aliphatic carbocycles. The molecule has 0 spiro atoms. The van der Waals surface area contributed by atoms with Gasteiger partial charge in [0.25, 0.3) is 11.5 Å². The van der Waals surface area contributed by atoms with Gasteiger partial charge in [-0.15, -0.1) is 11.3 Å². The zero-order valence-electron chi connectivity index (χ0n) is 24.1. The van der Waals surface area contributed by atoms with Crippen molar-refractivity contribution in [1.82, 2.24) is 19.7 Å². The molecule has 2 aromatic rings. The van der Waals surface area contributed by atoms with Crippen molar-refractivity contribution in [3.63, 3.8) is 0 Å². The molecule has 1 N–H and O–H groups in total. The minimum absolute atomic E-state index is 0.0760. The number of aromatic amines is 1. The lowest BCUT2D eigenvalue weighted by molar-refractivity contribution is -0.0520. The SMILES string of the molecule is Cc1cc(C)c(CN2CCc3sc([C@H](C)[C@H]4CC[C@H](N5CC(N6CCOCC6)C5)CC4)c(C)c3C2=O)c(=O)[nH]1. The van der Waals surface area contributed by atoms with E-state index in [0.29, 0.717) is 30.5 Å². The van der Waals surface area contributed by atoms with Crippen molar-refractivity contribution in [1.29, 1.82) is 0 Å². The molecule has 212 valence electrons. The van der Waals surface area contributed by atoms with Gasteiger partial charge in [0.2, 0.25) is 0 Å². The molecule has 7 nitrogen and oxygen atoms in total. The van der Waals surface area contributed by atoms with Crippen molar-refractivity contribution in [2.75, 3.05) is 45.9 Å². The van der Waals surface area contributed by atoms with Crippen LogP contribution in [0.5, 0.6) is 0 Å². The molecule has 1 saturated carbocycles. The highest BCUT2D eigenvalue weighted by atomic mass is 32.1. The number of nitrogens with one attached hydrogen (secondary N) is 1. The maximum Gasteiger partial charge on any atom is 0.255 e. The quantitative estimate of drug-likeness (QED) is 0.581. The lowest BCUT2D eigenvalue weighted by atomic mass is 9.76. The van der Waals surface area contributed by atoms with Gasteiger partial charge in [0.1, 0.15) is 0 Å². The highest BCUT2D eigenvalue weighted by Gasteiger charge is 2.39. The molecule has 8 heteroatoms. The van der Waals surface area contributed by atoms with Gasteiger partial charge >= 0.3 is 0 Å². The fraction of sp³-hybridized carbons (Fsp3) is 0.677. The van der Waals surface area contributed by atoms with Crippen LogP contribution in [0.2, 0.25) is 0 Å². The number of hydrogen-bond acceptors (Lipinski definition) is 6. The van der Waals surface area contributed by atoms with Gasteiger partial charge in [0.15, 0.2) is 0 Å². The number of thiophene rings is 1. The number of rotatable bonds is 6. The van der Waals surface area contributed by atoms with Crippen LogP contribution in [0.4, 0.5) is 0 Å². The number of pyridine rings is 1. The number of carbonyl (C=O) groups excluding carboxylic acids is 1. The topological polar surface area (TPSA) is 68.9 Å². The number of H-pyrrole nitrogens is 1. The third kappa shape index (κ3) is 5.25. The zero-order chi connectivity index (χ0) is 27.3. The van der Waals surface area contributed by atoms with E-state index >= 15 is 0 Å². The Kier molecular flexibility index (Phi) is 7.74. The first-order valence-corrected chi connectivity index (χ1v) is 15.8. The van der Waals surface area contributed by atoms with Crippen molar-refractivity contribution in [3.8, 4) is 0 Å². The van der Waals surface area contributed by atoms with Crippen LogP contribution in [0, 0.1) is 26.7 Å². The molecule has 0 aromatic carbocycles. The molecule has 0 bridgehead atoms. The Labute approximate surface area is 236 Å². The number of aromatic nitrogens is 1. The lowest BCUT2D eigenvalue weighted by Crippen LogP contribution is -2.64. The number of hydrogen-bond donors (Lipinski definition) is 1. The molecular formula is C31H44N4O3S. The third-order valence-corrected chi connectivity index (χ3v) is 11.6. The van der Waals surface area contributed by atoms with Gasteiger partial charge in [0.05, 0.1) is 25.3 Å². The van der Waals surface area contributed by atoms with Crippen LogP contribution in [0.15, 0.2) is 10.9 Å². The van der Waals surface area contributed by atoms with Gasteiger partial charge < -0.3 is 14.6 Å². The number of morpholine rings is 1. The molecule has 1 atom stereocenters. The number of likely N-dealkylation sites (tertiary alicyclic amines) is 1. The minimum atomic E-state index is -0.0760. The first-order valence-electron chi connectivity index (χ1n) is 15.0. The van der Waals surface area contributed by atoms with E-state index in [2.05, 4.69) is 28.6 Å². The molecule has 2 aromatic heterocycles. The second-order valence-electron chi connectivity index (χ2n) is 12.4. The van der Waals surface area contributed by atoms with E-state index in [-0.39, 0.29) is 11.5 Å². The highest BCUT2D eigenvalue weighted by Crippen LogP contribution is 2.44. The Bertz CT molecular complexity index is 1270. The van der Waals surface area contributed by atoms with Crippen LogP contribution in [0.25, 0.3) is 0 Å². The van der Waals surface area contributed by atoms with E-state index in [0.717, 1.165) is 61.6 Å². The molecule has 3 aliphatic heterocycles. The summed E-state index contributed by atoms with van der Waals surface area (Å²) in [7, 11) is 0. The van der Waals surface area contributed by atoms with Crippen molar-refractivity contribution >= 4 is 17.2 Å². The lowest BCUT2D eigenvalue weighted by Gasteiger charge is -2.51. The summed E-state index contributed by atoms with van der Waals surface area (Å²) < 4.78 is 5.53. The number of carbonyl (C=O) groups is 1. The van der Waals surface area contributed by atoms with E-state index in [1.807, 2.05) is 36.2 Å². The molecule has 4 aliphatic rings. The van der Waals surface area contributed by atoms with Crippen LogP contribution in [0.3, 0.4) is 0 Å². The van der Waals surface area contributed by atoms with E-state index in [9.17, 15) is 9.59 Å². The number of nitrogens with zero attached hydrogens (tertiary/aromatic N) is 3. The monoisotopic (exact) mass is 552 g/mol. The first kappa shape index (κ1) is 27.2. The van der Waals surface area contributed by atoms with E-state index < -0.39 is 0 Å². The van der Waals surface area contributed by atoms with Gasteiger partial charge in [-0.25, -0.2) is 0 Å². The molecular weight excluding hydrogens is 508 g/mol. The standard InChI is InChI=1S/C31H44N4O3S/c1-19-15-20(2)32-30(36)26(19)18-34-10-9-27-28(31(34)37)22(4)29(39-27)21(3)23-5-7-24(8-6-23)35-16-25(17-35)33-11-13-38-14-12-33/h15,21,23-25H,5-14,16-18H2,1-4H3,(H,32,36)/t21-,23-,24-/m1/s1. The fourth-order valence-electron chi connectivity index (χ4n) is 7.54. The first-order chi connectivity index (χ1) is 18.8. The van der Waals surface area contributed by atoms with Crippen molar-refractivity contribution in [2.45, 2.75) is 84.3 Å². The summed E-state index contributed by atoms with van der Waals surface area (Å²) in [6.45, 7) is 15.9. The predicted molar refractivity (Wildman–Crippen MR) is 156 cm³/mol. The minimum Gasteiger partial charge on any atom is -0.379 e. The average Bonchev–Trinajstić information content (AvgIpc) is 3.24. The molecule has 0 unspecified atom stereocenters. The molecule has 1 amide bonds. The molecule has 5 heterocycles. The Morgan fingerprint density at radius 3 is 2.41 bits per heavy atom. The number of aryl methyl sites for hydroxylation is 2. The number of amides is 1. The third-order valence-electron chi connectivity index (χ3n) is 10.0. The largest absolute Gasteiger partial charge is 0.379 e. The summed E-state index contributed by atoms with van der Waals surface area (Å²) in [6.07, 6.45) is 6.04. The Hall–Kier alpha value is -2.00. The molecule has 3 fully saturated rings. The fourth-order valence-corrected chi connectivity index (χ4v) is 8.97. The van der Waals surface area contributed by atoms with Gasteiger partial charge in [-0.05, 0) is 75.5 Å². The zero-order valence-corrected chi connectivity index (χ0v) is 24.9. The second kappa shape index (κ2) is 11.1. The molecule has 39 heavy (non-hydrogen) atoms. The van der Waals surface area contributed by atoms with Gasteiger partial charge in [-0.3, -0.25) is 19.4 Å². The Morgan fingerprint density at radius 1 is 1.00 bits per heavy atom. The van der Waals surface area contributed by atoms with Gasteiger partial charge in [0, 0.05) is 72.2 Å². The summed E-state index contributed by atoms with van der Waals surface area (Å²) in [4.78, 5) is 39.0. The summed E-state index contributed by atoms with van der Waals surface area (Å²) >= 11 is 1.88. The van der Waals surface area contributed by atoms with Crippen molar-refractivity contribution in [2.24, 2.45) is 5.92 Å². The van der Waals surface area contributed by atoms with Gasteiger partial charge in [-0.2, -0.15) is 0 Å². The maximum atomic E-state index is 13.6. The molecule has 0 radical (unpaired) electrons. The summed E-state index contributed by atoms with van der Waals surface area (Å²) in [6, 6.07) is 3.47. The summed E-state index contributed by atoms with van der Waals surface area (Å²) in [5, 5.41) is 0. The van der Waals surface area contributed by atoms with E-state index in [1.165, 1.54) is 54.1 Å².